The lowest BCUT2D eigenvalue weighted by atomic mass is 9.92. The van der Waals surface area contributed by atoms with E-state index in [0.717, 1.165) is 27.1 Å². The third-order valence-electron chi connectivity index (χ3n) is 4.04. The molecule has 0 aromatic heterocycles. The van der Waals surface area contributed by atoms with Crippen LogP contribution in [0.2, 0.25) is 0 Å². The van der Waals surface area contributed by atoms with Crippen molar-refractivity contribution in [3.8, 4) is 0 Å². The van der Waals surface area contributed by atoms with Crippen LogP contribution >= 0.6 is 0 Å². The zero-order chi connectivity index (χ0) is 16.2. The van der Waals surface area contributed by atoms with Crippen molar-refractivity contribution in [2.75, 3.05) is 0 Å². The first-order chi connectivity index (χ1) is 11.3. The molecule has 0 fully saturated rings. The Labute approximate surface area is 133 Å². The fraction of sp³-hybridized carbons (Fsp3) is 0.158. The summed E-state index contributed by atoms with van der Waals surface area (Å²) in [5, 5.41) is 4.34. The Morgan fingerprint density at radius 3 is 2.30 bits per heavy atom. The molecule has 23 heavy (non-hydrogen) atoms. The number of rotatable bonds is 4. The first kappa shape index (κ1) is 14.9. The highest BCUT2D eigenvalue weighted by Gasteiger charge is 2.20. The van der Waals surface area contributed by atoms with Gasteiger partial charge in [-0.05, 0) is 34.0 Å². The predicted octanol–water partition coefficient (Wildman–Crippen LogP) is 4.09. The second kappa shape index (κ2) is 6.37. The number of carbonyl (C=O) groups excluding carboxylic acids is 2. The molecule has 3 aromatic carbocycles. The second-order valence-corrected chi connectivity index (χ2v) is 5.36. The van der Waals surface area contributed by atoms with Gasteiger partial charge in [0.1, 0.15) is 6.04 Å². The molecule has 3 rings (SSSR count). The van der Waals surface area contributed by atoms with Gasteiger partial charge < -0.3 is 0 Å². The largest absolute Gasteiger partial charge is 0.235 e. The number of fused-ring (bicyclic) bond motifs is 3. The van der Waals surface area contributed by atoms with E-state index in [4.69, 9.17) is 0 Å². The van der Waals surface area contributed by atoms with Crippen molar-refractivity contribution in [3.05, 3.63) is 60.2 Å². The number of aliphatic imine (C=N–C) groups is 2. The van der Waals surface area contributed by atoms with Gasteiger partial charge in [-0.25, -0.2) is 14.6 Å². The maximum atomic E-state index is 10.8. The summed E-state index contributed by atoms with van der Waals surface area (Å²) in [6, 6.07) is 17.0. The Balaban J connectivity index is 2.30. The van der Waals surface area contributed by atoms with Crippen LogP contribution in [-0.4, -0.2) is 18.2 Å². The number of hydrogen-bond acceptors (Lipinski definition) is 4. The molecule has 4 heteroatoms. The first-order valence-electron chi connectivity index (χ1n) is 7.30. The molecule has 0 saturated carbocycles. The van der Waals surface area contributed by atoms with Crippen LogP contribution in [0.4, 0.5) is 0 Å². The van der Waals surface area contributed by atoms with Crippen LogP contribution in [0.3, 0.4) is 0 Å². The number of hydrogen-bond donors (Lipinski definition) is 0. The van der Waals surface area contributed by atoms with E-state index in [9.17, 15) is 9.59 Å². The van der Waals surface area contributed by atoms with Gasteiger partial charge in [0, 0.05) is 0 Å². The summed E-state index contributed by atoms with van der Waals surface area (Å²) >= 11 is 0. The predicted molar refractivity (Wildman–Crippen MR) is 89.9 cm³/mol. The lowest BCUT2D eigenvalue weighted by Gasteiger charge is -2.17. The molecule has 0 aliphatic heterocycles. The molecule has 112 valence electrons. The Hall–Kier alpha value is -3.06. The van der Waals surface area contributed by atoms with Crippen molar-refractivity contribution in [1.29, 1.82) is 0 Å². The SMILES string of the molecule is CC(N=C=O)C(N=C=O)c1cccc2c1ccc1ccccc12. The zero-order valence-electron chi connectivity index (χ0n) is 12.6. The molecule has 0 N–H and O–H groups in total. The Kier molecular flexibility index (Phi) is 4.11. The minimum atomic E-state index is -0.557. The highest BCUT2D eigenvalue weighted by atomic mass is 16.1. The topological polar surface area (TPSA) is 58.9 Å². The average Bonchev–Trinajstić information content (AvgIpc) is 2.59. The fourth-order valence-electron chi connectivity index (χ4n) is 2.97. The lowest BCUT2D eigenvalue weighted by Crippen LogP contribution is -2.11. The summed E-state index contributed by atoms with van der Waals surface area (Å²) in [4.78, 5) is 29.0. The molecule has 0 bridgehead atoms. The Morgan fingerprint density at radius 2 is 1.52 bits per heavy atom. The van der Waals surface area contributed by atoms with E-state index in [2.05, 4.69) is 22.1 Å². The standard InChI is InChI=1S/C19H14N2O2/c1-13(20-11-22)19(21-12-23)18-8-4-7-16-15-6-3-2-5-14(15)9-10-17(16)18/h2-10,13,19H,1H3. The molecule has 3 aromatic rings. The van der Waals surface area contributed by atoms with Gasteiger partial charge in [0.25, 0.3) is 0 Å². The van der Waals surface area contributed by atoms with Gasteiger partial charge >= 0.3 is 0 Å². The number of isocyanates is 2. The Morgan fingerprint density at radius 1 is 0.783 bits per heavy atom. The lowest BCUT2D eigenvalue weighted by molar-refractivity contribution is 0.532. The highest BCUT2D eigenvalue weighted by molar-refractivity contribution is 6.08. The molecule has 0 amide bonds. The normalized spacial score (nSPS) is 13.1. The monoisotopic (exact) mass is 302 g/mol. The first-order valence-corrected chi connectivity index (χ1v) is 7.30. The van der Waals surface area contributed by atoms with Crippen LogP contribution in [0.15, 0.2) is 64.6 Å². The van der Waals surface area contributed by atoms with Gasteiger partial charge in [-0.3, -0.25) is 0 Å². The van der Waals surface area contributed by atoms with Crippen molar-refractivity contribution in [2.45, 2.75) is 19.0 Å². The van der Waals surface area contributed by atoms with Crippen molar-refractivity contribution >= 4 is 33.7 Å². The van der Waals surface area contributed by atoms with Crippen LogP contribution in [0.5, 0.6) is 0 Å². The summed E-state index contributed by atoms with van der Waals surface area (Å²) in [5.41, 5.74) is 0.850. The van der Waals surface area contributed by atoms with Gasteiger partial charge in [0.05, 0.1) is 6.04 Å². The van der Waals surface area contributed by atoms with Crippen molar-refractivity contribution < 1.29 is 9.59 Å². The summed E-state index contributed by atoms with van der Waals surface area (Å²) < 4.78 is 0. The van der Waals surface area contributed by atoms with Crippen LogP contribution in [0.1, 0.15) is 18.5 Å². The zero-order valence-corrected chi connectivity index (χ0v) is 12.6. The molecule has 0 spiro atoms. The van der Waals surface area contributed by atoms with Crippen LogP contribution in [-0.2, 0) is 9.59 Å². The summed E-state index contributed by atoms with van der Waals surface area (Å²) in [6.07, 6.45) is 3.13. The minimum absolute atomic E-state index is 0.481. The second-order valence-electron chi connectivity index (χ2n) is 5.36. The molecule has 0 heterocycles. The van der Waals surface area contributed by atoms with E-state index >= 15 is 0 Å². The van der Waals surface area contributed by atoms with Gasteiger partial charge in [-0.2, -0.15) is 4.99 Å². The van der Waals surface area contributed by atoms with Crippen LogP contribution in [0, 0.1) is 0 Å². The van der Waals surface area contributed by atoms with Crippen LogP contribution in [0.25, 0.3) is 21.5 Å². The van der Waals surface area contributed by atoms with Crippen LogP contribution < -0.4 is 0 Å². The molecule has 4 nitrogen and oxygen atoms in total. The molecule has 0 saturated heterocycles. The minimum Gasteiger partial charge on any atom is -0.211 e. The molecule has 0 aliphatic carbocycles. The molecule has 2 atom stereocenters. The van der Waals surface area contributed by atoms with E-state index < -0.39 is 12.1 Å². The highest BCUT2D eigenvalue weighted by Crippen LogP contribution is 2.33. The fourth-order valence-corrected chi connectivity index (χ4v) is 2.97. The van der Waals surface area contributed by atoms with E-state index in [1.807, 2.05) is 42.5 Å². The summed E-state index contributed by atoms with van der Waals surface area (Å²) in [5.74, 6) is 0. The van der Waals surface area contributed by atoms with Crippen molar-refractivity contribution in [2.24, 2.45) is 9.98 Å². The number of nitrogens with zero attached hydrogens (tertiary/aromatic N) is 2. The van der Waals surface area contributed by atoms with E-state index in [1.165, 1.54) is 6.08 Å². The third-order valence-corrected chi connectivity index (χ3v) is 4.04. The summed E-state index contributed by atoms with van der Waals surface area (Å²) in [6.45, 7) is 1.73. The summed E-state index contributed by atoms with van der Waals surface area (Å²) in [7, 11) is 0. The van der Waals surface area contributed by atoms with E-state index in [0.29, 0.717) is 0 Å². The van der Waals surface area contributed by atoms with Gasteiger partial charge in [-0.1, -0.05) is 54.6 Å². The molecule has 0 aliphatic rings. The molecule has 0 radical (unpaired) electrons. The van der Waals surface area contributed by atoms with Crippen molar-refractivity contribution in [1.82, 2.24) is 0 Å². The van der Waals surface area contributed by atoms with Gasteiger partial charge in [0.15, 0.2) is 0 Å². The van der Waals surface area contributed by atoms with Crippen molar-refractivity contribution in [3.63, 3.8) is 0 Å². The Bertz CT molecular complexity index is 967. The van der Waals surface area contributed by atoms with Gasteiger partial charge in [-0.15, -0.1) is 0 Å². The average molecular weight is 302 g/mol. The quantitative estimate of drug-likeness (QED) is 0.414. The maximum absolute atomic E-state index is 10.8. The third kappa shape index (κ3) is 2.69. The molecule has 2 unspecified atom stereocenters. The smallest absolute Gasteiger partial charge is 0.211 e. The molecular formula is C19H14N2O2. The molecular weight excluding hydrogens is 288 g/mol. The van der Waals surface area contributed by atoms with E-state index in [1.54, 1.807) is 13.0 Å². The van der Waals surface area contributed by atoms with Gasteiger partial charge in [0.2, 0.25) is 12.2 Å². The van der Waals surface area contributed by atoms with E-state index in [-0.39, 0.29) is 0 Å². The number of benzene rings is 3. The maximum Gasteiger partial charge on any atom is 0.235 e.